The van der Waals surface area contributed by atoms with E-state index >= 15 is 0 Å². The van der Waals surface area contributed by atoms with Gasteiger partial charge in [0.25, 0.3) is 0 Å². The van der Waals surface area contributed by atoms with Crippen LogP contribution in [0.25, 0.3) is 10.2 Å². The number of aromatic nitrogens is 1. The molecule has 0 radical (unpaired) electrons. The van der Waals surface area contributed by atoms with E-state index in [0.29, 0.717) is 28.3 Å². The van der Waals surface area contributed by atoms with Crippen LogP contribution in [0, 0.1) is 0 Å². The Morgan fingerprint density at radius 1 is 1.42 bits per heavy atom. The molecule has 2 aromatic heterocycles. The molecule has 0 aliphatic heterocycles. The fraction of sp³-hybridized carbons (Fsp3) is 0.364. The van der Waals surface area contributed by atoms with Crippen molar-refractivity contribution in [3.8, 4) is 0 Å². The Morgan fingerprint density at radius 3 is 2.89 bits per heavy atom. The van der Waals surface area contributed by atoms with Gasteiger partial charge in [0.2, 0.25) is 10.0 Å². The van der Waals surface area contributed by atoms with Crippen molar-refractivity contribution in [3.63, 3.8) is 0 Å². The molecule has 0 unspecified atom stereocenters. The predicted molar refractivity (Wildman–Crippen MR) is 72.5 cm³/mol. The maximum absolute atomic E-state index is 11.7. The molecule has 0 saturated heterocycles. The zero-order valence-corrected chi connectivity index (χ0v) is 12.0. The second-order valence-corrected chi connectivity index (χ2v) is 6.38. The first-order valence-electron chi connectivity index (χ1n) is 5.50. The fourth-order valence-corrected chi connectivity index (χ4v) is 4.03. The van der Waals surface area contributed by atoms with Gasteiger partial charge in [0.1, 0.15) is 9.73 Å². The number of nitrogens with zero attached hydrogens (tertiary/aromatic N) is 1. The zero-order valence-electron chi connectivity index (χ0n) is 10.3. The Bertz CT molecular complexity index is 666. The minimum absolute atomic E-state index is 0.109. The lowest BCUT2D eigenvalue weighted by molar-refractivity contribution is 0.0621. The number of methoxy groups -OCH3 is 1. The van der Waals surface area contributed by atoms with Gasteiger partial charge in [-0.3, -0.25) is 0 Å². The summed E-state index contributed by atoms with van der Waals surface area (Å²) >= 11 is 1.27. The summed E-state index contributed by atoms with van der Waals surface area (Å²) in [4.78, 5) is 5.45. The summed E-state index contributed by atoms with van der Waals surface area (Å²) in [7, 11) is -2.23. The molecule has 8 heteroatoms. The van der Waals surface area contributed by atoms with E-state index < -0.39 is 10.0 Å². The minimum atomic E-state index is -3.80. The van der Waals surface area contributed by atoms with Crippen LogP contribution in [0.3, 0.4) is 0 Å². The van der Waals surface area contributed by atoms with Gasteiger partial charge >= 0.3 is 0 Å². The van der Waals surface area contributed by atoms with Gasteiger partial charge in [0.15, 0.2) is 0 Å². The molecule has 104 valence electrons. The molecule has 0 bridgehead atoms. The Kier molecular flexibility index (Phi) is 4.48. The number of nitrogens with two attached hydrogens (primary N) is 1. The Labute approximate surface area is 115 Å². The van der Waals surface area contributed by atoms with Crippen molar-refractivity contribution in [2.45, 2.75) is 11.5 Å². The normalized spacial score (nSPS) is 12.1. The molecule has 19 heavy (non-hydrogen) atoms. The van der Waals surface area contributed by atoms with Crippen LogP contribution in [-0.2, 0) is 26.1 Å². The molecular formula is C11H14N2O4S2. The van der Waals surface area contributed by atoms with Gasteiger partial charge in [0.05, 0.1) is 24.7 Å². The van der Waals surface area contributed by atoms with Crippen molar-refractivity contribution in [2.75, 3.05) is 20.3 Å². The molecule has 2 N–H and O–H groups in total. The molecular weight excluding hydrogens is 288 g/mol. The first-order valence-corrected chi connectivity index (χ1v) is 7.86. The van der Waals surface area contributed by atoms with E-state index in [0.717, 1.165) is 0 Å². The molecule has 2 heterocycles. The average molecular weight is 302 g/mol. The number of hydrogen-bond acceptors (Lipinski definition) is 6. The summed E-state index contributed by atoms with van der Waals surface area (Å²) in [5.41, 5.74) is 0. The number of primary sulfonamides is 1. The lowest BCUT2D eigenvalue weighted by Crippen LogP contribution is -2.14. The molecule has 0 fully saturated rings. The molecule has 0 spiro atoms. The lowest BCUT2D eigenvalue weighted by Gasteiger charge is -2.04. The Morgan fingerprint density at radius 2 is 2.21 bits per heavy atom. The Balaban J connectivity index is 2.37. The van der Waals surface area contributed by atoms with Crippen LogP contribution in [0.15, 0.2) is 23.2 Å². The van der Waals surface area contributed by atoms with Crippen molar-refractivity contribution in [1.82, 2.24) is 4.98 Å². The summed E-state index contributed by atoms with van der Waals surface area (Å²) in [6, 6.07) is 3.37. The number of hydrogen-bond donors (Lipinski definition) is 1. The number of fused-ring (bicyclic) bond motifs is 1. The summed E-state index contributed by atoms with van der Waals surface area (Å²) < 4.78 is 33.6. The number of ether oxygens (including phenoxy) is 2. The minimum Gasteiger partial charge on any atom is -0.382 e. The van der Waals surface area contributed by atoms with Gasteiger partial charge in [0, 0.05) is 18.7 Å². The maximum Gasteiger partial charge on any atom is 0.239 e. The number of rotatable bonds is 6. The van der Waals surface area contributed by atoms with Crippen molar-refractivity contribution in [3.05, 3.63) is 23.2 Å². The second kappa shape index (κ2) is 5.93. The predicted octanol–water partition coefficient (Wildman–Crippen LogP) is 1.11. The number of pyridine rings is 1. The van der Waals surface area contributed by atoms with Crippen molar-refractivity contribution < 1.29 is 17.9 Å². The summed E-state index contributed by atoms with van der Waals surface area (Å²) in [6.07, 6.45) is 1.61. The first-order chi connectivity index (χ1) is 9.04. The highest BCUT2D eigenvalue weighted by Gasteiger charge is 2.21. The molecule has 0 aromatic carbocycles. The highest BCUT2D eigenvalue weighted by atomic mass is 32.2. The third-order valence-corrected chi connectivity index (χ3v) is 4.69. The maximum atomic E-state index is 11.7. The van der Waals surface area contributed by atoms with E-state index in [-0.39, 0.29) is 11.5 Å². The van der Waals surface area contributed by atoms with Crippen molar-refractivity contribution >= 4 is 31.6 Å². The van der Waals surface area contributed by atoms with Crippen LogP contribution >= 0.6 is 11.3 Å². The van der Waals surface area contributed by atoms with E-state index in [2.05, 4.69) is 4.98 Å². The zero-order chi connectivity index (χ0) is 13.9. The summed E-state index contributed by atoms with van der Waals surface area (Å²) in [6.45, 7) is 1.02. The molecule has 0 aliphatic rings. The van der Waals surface area contributed by atoms with Crippen LogP contribution < -0.4 is 5.14 Å². The smallest absolute Gasteiger partial charge is 0.239 e. The van der Waals surface area contributed by atoms with E-state index in [4.69, 9.17) is 14.6 Å². The number of sulfonamides is 1. The topological polar surface area (TPSA) is 91.5 Å². The second-order valence-electron chi connectivity index (χ2n) is 3.80. The fourth-order valence-electron chi connectivity index (χ4n) is 1.67. The van der Waals surface area contributed by atoms with Crippen molar-refractivity contribution in [1.29, 1.82) is 0 Å². The molecule has 6 nitrogen and oxygen atoms in total. The van der Waals surface area contributed by atoms with Crippen LogP contribution in [0.4, 0.5) is 0 Å². The van der Waals surface area contributed by atoms with Crippen LogP contribution in [-0.4, -0.2) is 33.7 Å². The van der Waals surface area contributed by atoms with Gasteiger partial charge in [-0.1, -0.05) is 0 Å². The van der Waals surface area contributed by atoms with Gasteiger partial charge in [-0.05, 0) is 12.1 Å². The first kappa shape index (κ1) is 14.4. The summed E-state index contributed by atoms with van der Waals surface area (Å²) in [5.74, 6) is 0. The molecule has 0 atom stereocenters. The highest BCUT2D eigenvalue weighted by Crippen LogP contribution is 2.33. The van der Waals surface area contributed by atoms with E-state index in [9.17, 15) is 8.42 Å². The van der Waals surface area contributed by atoms with Crippen LogP contribution in [0.1, 0.15) is 4.88 Å². The van der Waals surface area contributed by atoms with Crippen LogP contribution in [0.5, 0.6) is 0 Å². The molecule has 2 rings (SSSR count). The van der Waals surface area contributed by atoms with Gasteiger partial charge in [-0.25, -0.2) is 18.5 Å². The van der Waals surface area contributed by atoms with Gasteiger partial charge in [-0.15, -0.1) is 11.3 Å². The Hall–Kier alpha value is -1.06. The van der Waals surface area contributed by atoms with Crippen molar-refractivity contribution in [2.24, 2.45) is 5.14 Å². The number of thiophene rings is 1. The average Bonchev–Trinajstić information content (AvgIpc) is 2.72. The van der Waals surface area contributed by atoms with E-state index in [1.54, 1.807) is 25.4 Å². The third kappa shape index (κ3) is 3.28. The molecule has 0 amide bonds. The standard InChI is InChI=1S/C11H14N2O4S2/c1-16-5-6-17-7-9-10(19(12,14)15)8-3-2-4-13-11(8)18-9/h2-4H,5-7H2,1H3,(H2,12,14,15). The molecule has 0 saturated carbocycles. The molecule has 2 aromatic rings. The van der Waals surface area contributed by atoms with E-state index in [1.807, 2.05) is 0 Å². The quantitative estimate of drug-likeness (QED) is 0.807. The van der Waals surface area contributed by atoms with E-state index in [1.165, 1.54) is 11.3 Å². The molecule has 0 aliphatic carbocycles. The highest BCUT2D eigenvalue weighted by molar-refractivity contribution is 7.89. The van der Waals surface area contributed by atoms with Gasteiger partial charge < -0.3 is 9.47 Å². The van der Waals surface area contributed by atoms with Crippen LogP contribution in [0.2, 0.25) is 0 Å². The monoisotopic (exact) mass is 302 g/mol. The SMILES string of the molecule is COCCOCc1sc2ncccc2c1S(N)(=O)=O. The van der Waals surface area contributed by atoms with Gasteiger partial charge in [-0.2, -0.15) is 0 Å². The lowest BCUT2D eigenvalue weighted by atomic mass is 10.3. The third-order valence-electron chi connectivity index (χ3n) is 2.44. The largest absolute Gasteiger partial charge is 0.382 e. The summed E-state index contributed by atoms with van der Waals surface area (Å²) in [5, 5.41) is 5.81.